The summed E-state index contributed by atoms with van der Waals surface area (Å²) in [5.41, 5.74) is 8.48. The van der Waals surface area contributed by atoms with Gasteiger partial charge < -0.3 is 5.73 Å². The minimum atomic E-state index is -0.430. The van der Waals surface area contributed by atoms with Crippen LogP contribution in [0, 0.1) is 12.7 Å². The van der Waals surface area contributed by atoms with Gasteiger partial charge in [0.2, 0.25) is 0 Å². The van der Waals surface area contributed by atoms with Crippen LogP contribution in [0.25, 0.3) is 0 Å². The zero-order valence-corrected chi connectivity index (χ0v) is 11.8. The summed E-state index contributed by atoms with van der Waals surface area (Å²) in [6, 6.07) is 6.00. The highest BCUT2D eigenvalue weighted by atomic mass is 35.5. The fourth-order valence-electron chi connectivity index (χ4n) is 2.17. The van der Waals surface area contributed by atoms with Gasteiger partial charge in [0, 0.05) is 35.3 Å². The summed E-state index contributed by atoms with van der Waals surface area (Å²) in [6.07, 6.45) is 0.534. The van der Waals surface area contributed by atoms with Crippen molar-refractivity contribution in [1.82, 2.24) is 9.78 Å². The van der Waals surface area contributed by atoms with E-state index in [0.717, 1.165) is 17.9 Å². The highest BCUT2D eigenvalue weighted by molar-refractivity contribution is 6.30. The van der Waals surface area contributed by atoms with Crippen molar-refractivity contribution in [3.63, 3.8) is 0 Å². The van der Waals surface area contributed by atoms with Gasteiger partial charge in [0.05, 0.1) is 5.69 Å². The van der Waals surface area contributed by atoms with Crippen LogP contribution in [0.5, 0.6) is 0 Å². The maximum absolute atomic E-state index is 13.7. The molecular formula is C14H17ClFN3. The first-order chi connectivity index (χ1) is 9.01. The Bertz CT molecular complexity index is 580. The van der Waals surface area contributed by atoms with Gasteiger partial charge in [-0.1, -0.05) is 11.6 Å². The van der Waals surface area contributed by atoms with E-state index < -0.39 is 6.04 Å². The van der Waals surface area contributed by atoms with Crippen LogP contribution in [0.3, 0.4) is 0 Å². The Morgan fingerprint density at radius 2 is 2.16 bits per heavy atom. The predicted octanol–water partition coefficient (Wildman–Crippen LogP) is 3.25. The maximum atomic E-state index is 13.7. The first kappa shape index (κ1) is 14.0. The van der Waals surface area contributed by atoms with E-state index in [0.29, 0.717) is 17.0 Å². The van der Waals surface area contributed by atoms with Crippen LogP contribution in [0.4, 0.5) is 4.39 Å². The molecule has 1 aromatic heterocycles. The van der Waals surface area contributed by atoms with Crippen molar-refractivity contribution in [2.75, 3.05) is 0 Å². The molecule has 0 aliphatic carbocycles. The summed E-state index contributed by atoms with van der Waals surface area (Å²) in [5, 5.41) is 4.85. The van der Waals surface area contributed by atoms with Crippen LogP contribution in [-0.2, 0) is 13.0 Å². The normalized spacial score (nSPS) is 12.7. The Labute approximate surface area is 117 Å². The van der Waals surface area contributed by atoms with Gasteiger partial charge >= 0.3 is 0 Å². The van der Waals surface area contributed by atoms with Crippen molar-refractivity contribution in [3.05, 3.63) is 52.1 Å². The molecule has 2 N–H and O–H groups in total. The molecule has 1 atom stereocenters. The summed E-state index contributed by atoms with van der Waals surface area (Å²) < 4.78 is 15.6. The van der Waals surface area contributed by atoms with Crippen molar-refractivity contribution in [1.29, 1.82) is 0 Å². The van der Waals surface area contributed by atoms with E-state index in [2.05, 4.69) is 5.10 Å². The largest absolute Gasteiger partial charge is 0.324 e. The quantitative estimate of drug-likeness (QED) is 0.935. The van der Waals surface area contributed by atoms with Gasteiger partial charge in [0.15, 0.2) is 0 Å². The molecule has 0 amide bonds. The van der Waals surface area contributed by atoms with E-state index in [4.69, 9.17) is 17.3 Å². The van der Waals surface area contributed by atoms with E-state index in [1.165, 1.54) is 12.1 Å². The lowest BCUT2D eigenvalue weighted by Crippen LogP contribution is -2.17. The first-order valence-electron chi connectivity index (χ1n) is 6.25. The first-order valence-corrected chi connectivity index (χ1v) is 6.63. The van der Waals surface area contributed by atoms with Crippen LogP contribution in [0.15, 0.2) is 24.3 Å². The van der Waals surface area contributed by atoms with E-state index in [1.807, 2.05) is 24.6 Å². The number of aromatic nitrogens is 2. The number of benzene rings is 1. The average Bonchev–Trinajstić information content (AvgIpc) is 2.72. The third-order valence-electron chi connectivity index (χ3n) is 3.07. The average molecular weight is 282 g/mol. The number of hydrogen-bond donors (Lipinski definition) is 1. The molecule has 1 heterocycles. The Balaban J connectivity index is 2.25. The number of hydrogen-bond acceptors (Lipinski definition) is 2. The molecule has 102 valence electrons. The second kappa shape index (κ2) is 5.72. The van der Waals surface area contributed by atoms with Gasteiger partial charge in [-0.3, -0.25) is 4.68 Å². The van der Waals surface area contributed by atoms with Crippen molar-refractivity contribution >= 4 is 11.6 Å². The monoisotopic (exact) mass is 281 g/mol. The number of nitrogens with zero attached hydrogens (tertiary/aromatic N) is 2. The minimum absolute atomic E-state index is 0.323. The van der Waals surface area contributed by atoms with E-state index in [1.54, 1.807) is 6.07 Å². The Kier molecular flexibility index (Phi) is 4.22. The van der Waals surface area contributed by atoms with Crippen LogP contribution in [0.2, 0.25) is 5.02 Å². The van der Waals surface area contributed by atoms with Gasteiger partial charge in [-0.25, -0.2) is 4.39 Å². The summed E-state index contributed by atoms with van der Waals surface area (Å²) in [5.74, 6) is -0.323. The number of rotatable bonds is 4. The van der Waals surface area contributed by atoms with Gasteiger partial charge in [-0.2, -0.15) is 5.10 Å². The second-order valence-electron chi connectivity index (χ2n) is 4.57. The molecule has 0 aliphatic heterocycles. The van der Waals surface area contributed by atoms with Crippen molar-refractivity contribution in [2.45, 2.75) is 32.9 Å². The van der Waals surface area contributed by atoms with Gasteiger partial charge in [0.25, 0.3) is 0 Å². The lowest BCUT2D eigenvalue weighted by atomic mass is 10.0. The smallest absolute Gasteiger partial charge is 0.128 e. The predicted molar refractivity (Wildman–Crippen MR) is 74.7 cm³/mol. The Morgan fingerprint density at radius 3 is 2.84 bits per heavy atom. The summed E-state index contributed by atoms with van der Waals surface area (Å²) >= 11 is 5.89. The summed E-state index contributed by atoms with van der Waals surface area (Å²) in [6.45, 7) is 4.72. The molecule has 0 radical (unpaired) electrons. The molecular weight excluding hydrogens is 265 g/mol. The molecule has 3 nitrogen and oxygen atoms in total. The van der Waals surface area contributed by atoms with Crippen molar-refractivity contribution < 1.29 is 4.39 Å². The maximum Gasteiger partial charge on any atom is 0.128 e. The molecule has 1 aromatic carbocycles. The van der Waals surface area contributed by atoms with Gasteiger partial charge in [0.1, 0.15) is 5.82 Å². The highest BCUT2D eigenvalue weighted by Gasteiger charge is 2.15. The molecule has 2 rings (SSSR count). The summed E-state index contributed by atoms with van der Waals surface area (Å²) in [4.78, 5) is 0. The summed E-state index contributed by atoms with van der Waals surface area (Å²) in [7, 11) is 0. The van der Waals surface area contributed by atoms with Gasteiger partial charge in [-0.15, -0.1) is 0 Å². The van der Waals surface area contributed by atoms with E-state index in [9.17, 15) is 4.39 Å². The molecule has 5 heteroatoms. The minimum Gasteiger partial charge on any atom is -0.324 e. The van der Waals surface area contributed by atoms with Crippen LogP contribution in [0.1, 0.15) is 29.9 Å². The number of nitrogens with two attached hydrogens (primary N) is 1. The number of halogens is 2. The van der Waals surface area contributed by atoms with Crippen LogP contribution >= 0.6 is 11.6 Å². The molecule has 1 unspecified atom stereocenters. The fourth-order valence-corrected chi connectivity index (χ4v) is 2.35. The third kappa shape index (κ3) is 3.14. The lowest BCUT2D eigenvalue weighted by molar-refractivity contribution is 0.555. The Hall–Kier alpha value is -1.39. The van der Waals surface area contributed by atoms with Crippen LogP contribution < -0.4 is 5.73 Å². The van der Waals surface area contributed by atoms with E-state index in [-0.39, 0.29) is 5.82 Å². The topological polar surface area (TPSA) is 43.8 Å². The zero-order valence-electron chi connectivity index (χ0n) is 11.0. The number of aryl methyl sites for hydroxylation is 2. The van der Waals surface area contributed by atoms with Crippen molar-refractivity contribution in [2.24, 2.45) is 5.73 Å². The molecule has 0 fully saturated rings. The highest BCUT2D eigenvalue weighted by Crippen LogP contribution is 2.23. The SMILES string of the molecule is CCn1nc(C)cc1CC(N)c1cc(Cl)ccc1F. The van der Waals surface area contributed by atoms with Gasteiger partial charge in [-0.05, 0) is 38.1 Å². The third-order valence-corrected chi connectivity index (χ3v) is 3.31. The fraction of sp³-hybridized carbons (Fsp3) is 0.357. The molecule has 0 saturated carbocycles. The lowest BCUT2D eigenvalue weighted by Gasteiger charge is -2.14. The Morgan fingerprint density at radius 1 is 1.42 bits per heavy atom. The standard InChI is InChI=1S/C14H17ClFN3/c1-3-19-11(6-9(2)18-19)8-14(17)12-7-10(15)4-5-13(12)16/h4-7,14H,3,8,17H2,1-2H3. The molecule has 0 bridgehead atoms. The molecule has 0 aliphatic rings. The zero-order chi connectivity index (χ0) is 14.0. The van der Waals surface area contributed by atoms with Crippen LogP contribution in [-0.4, -0.2) is 9.78 Å². The second-order valence-corrected chi connectivity index (χ2v) is 5.01. The molecule has 0 spiro atoms. The molecule has 2 aromatic rings. The van der Waals surface area contributed by atoms with Crippen molar-refractivity contribution in [3.8, 4) is 0 Å². The molecule has 0 saturated heterocycles. The van der Waals surface area contributed by atoms with E-state index >= 15 is 0 Å². The molecule has 19 heavy (non-hydrogen) atoms.